The number of H-pyrrole nitrogens is 1. The number of piperazine rings is 1. The molecule has 5 aromatic rings. The van der Waals surface area contributed by atoms with Gasteiger partial charge in [-0.3, -0.25) is 19.0 Å². The van der Waals surface area contributed by atoms with Crippen LogP contribution in [0.5, 0.6) is 5.75 Å². The molecule has 1 saturated heterocycles. The quantitative estimate of drug-likeness (QED) is 0.269. The number of carbonyl (C=O) groups is 2. The zero-order valence-corrected chi connectivity index (χ0v) is 27.2. The number of hydrogen-bond acceptors (Lipinski definition) is 8. The number of halogens is 1. The molecule has 1 N–H and O–H groups in total. The number of rotatable bonds is 8. The highest BCUT2D eigenvalue weighted by Gasteiger charge is 2.29. The Hall–Kier alpha value is -5.53. The predicted molar refractivity (Wildman–Crippen MR) is 178 cm³/mol. The second kappa shape index (κ2) is 12.9. The van der Waals surface area contributed by atoms with Crippen LogP contribution in [-0.2, 0) is 18.4 Å². The summed E-state index contributed by atoms with van der Waals surface area (Å²) in [5.74, 6) is 0.746. The van der Waals surface area contributed by atoms with Crippen molar-refractivity contribution in [3.05, 3.63) is 77.9 Å². The van der Waals surface area contributed by atoms with E-state index in [2.05, 4.69) is 30.3 Å². The van der Waals surface area contributed by atoms with Gasteiger partial charge in [0.25, 0.3) is 5.91 Å². The van der Waals surface area contributed by atoms with Crippen molar-refractivity contribution in [1.29, 1.82) is 0 Å². The number of aromatic amines is 1. The first-order valence-electron chi connectivity index (χ1n) is 16.0. The Morgan fingerprint density at radius 3 is 2.60 bits per heavy atom. The summed E-state index contributed by atoms with van der Waals surface area (Å²) >= 11 is 0. The molecule has 1 aromatic carbocycles. The van der Waals surface area contributed by atoms with E-state index in [1.54, 1.807) is 50.9 Å². The lowest BCUT2D eigenvalue weighted by atomic mass is 9.93. The van der Waals surface area contributed by atoms with E-state index < -0.39 is 5.82 Å². The Bertz CT molecular complexity index is 2010. The van der Waals surface area contributed by atoms with Crippen LogP contribution in [0.1, 0.15) is 34.6 Å². The van der Waals surface area contributed by atoms with Gasteiger partial charge in [-0.05, 0) is 48.7 Å². The molecule has 0 atom stereocenters. The fourth-order valence-corrected chi connectivity index (χ4v) is 6.64. The van der Waals surface area contributed by atoms with E-state index in [1.165, 1.54) is 0 Å². The maximum Gasteiger partial charge on any atom is 0.270 e. The van der Waals surface area contributed by atoms with Crippen molar-refractivity contribution >= 4 is 34.1 Å². The van der Waals surface area contributed by atoms with Gasteiger partial charge in [0.2, 0.25) is 5.91 Å². The molecule has 1 fully saturated rings. The molecule has 13 nitrogen and oxygen atoms in total. The number of pyridine rings is 1. The third-order valence-corrected chi connectivity index (χ3v) is 9.10. The Labute approximate surface area is 276 Å². The van der Waals surface area contributed by atoms with Crippen LogP contribution >= 0.6 is 0 Å². The summed E-state index contributed by atoms with van der Waals surface area (Å²) in [6.45, 7) is 5.29. The van der Waals surface area contributed by atoms with E-state index in [1.807, 2.05) is 44.4 Å². The van der Waals surface area contributed by atoms with E-state index in [0.29, 0.717) is 68.1 Å². The molecule has 248 valence electrons. The third kappa shape index (κ3) is 5.89. The number of anilines is 1. The predicted octanol–water partition coefficient (Wildman–Crippen LogP) is 3.68. The first-order valence-corrected chi connectivity index (χ1v) is 16.0. The number of carbonyl (C=O) groups excluding carboxylic acids is 2. The second-order valence-corrected chi connectivity index (χ2v) is 12.1. The summed E-state index contributed by atoms with van der Waals surface area (Å²) in [6, 6.07) is 7.27. The summed E-state index contributed by atoms with van der Waals surface area (Å²) in [5, 5.41) is 12.9. The van der Waals surface area contributed by atoms with Gasteiger partial charge in [0.1, 0.15) is 5.69 Å². The average Bonchev–Trinajstić information content (AvgIpc) is 3.88. The van der Waals surface area contributed by atoms with Crippen LogP contribution in [0.3, 0.4) is 0 Å². The van der Waals surface area contributed by atoms with Gasteiger partial charge in [0.05, 0.1) is 31.1 Å². The molecule has 7 rings (SSSR count). The number of hydrogen-bond donors (Lipinski definition) is 1. The molecule has 4 aromatic heterocycles. The van der Waals surface area contributed by atoms with Crippen LogP contribution in [0, 0.1) is 12.7 Å². The highest BCUT2D eigenvalue weighted by Crippen LogP contribution is 2.38. The van der Waals surface area contributed by atoms with E-state index in [4.69, 9.17) is 4.74 Å². The number of nitrogens with zero attached hydrogens (tertiary/aromatic N) is 9. The van der Waals surface area contributed by atoms with Gasteiger partial charge in [0, 0.05) is 87.8 Å². The molecule has 48 heavy (non-hydrogen) atoms. The van der Waals surface area contributed by atoms with Crippen LogP contribution in [-0.4, -0.2) is 103 Å². The normalized spacial score (nSPS) is 15.2. The van der Waals surface area contributed by atoms with Crippen LogP contribution < -0.4 is 9.64 Å². The van der Waals surface area contributed by atoms with Gasteiger partial charge in [-0.15, -0.1) is 5.10 Å². The molecule has 2 amide bonds. The maximum atomic E-state index is 16.6. The first kappa shape index (κ1) is 31.1. The SMILES string of the molecule is COc1cccnc1N1CCN(C(=O)c2cc3c(-c4cn(C)nc4C)cc(C4=CCCN(C(=O)CCn5ccnn5)C4)c(F)c3[nH]2)CC1. The minimum Gasteiger partial charge on any atom is -0.493 e. The van der Waals surface area contributed by atoms with Crippen molar-refractivity contribution in [2.75, 3.05) is 51.3 Å². The lowest BCUT2D eigenvalue weighted by Gasteiger charge is -2.35. The Balaban J connectivity index is 1.17. The lowest BCUT2D eigenvalue weighted by Crippen LogP contribution is -2.49. The van der Waals surface area contributed by atoms with Crippen LogP contribution in [0.4, 0.5) is 10.2 Å². The fourth-order valence-electron chi connectivity index (χ4n) is 6.64. The molecule has 2 aliphatic rings. The number of aromatic nitrogens is 7. The van der Waals surface area contributed by atoms with Crippen molar-refractivity contribution in [2.24, 2.45) is 7.05 Å². The second-order valence-electron chi connectivity index (χ2n) is 12.1. The molecule has 0 bridgehead atoms. The number of benzene rings is 1. The molecule has 0 radical (unpaired) electrons. The molecule has 6 heterocycles. The Morgan fingerprint density at radius 2 is 1.88 bits per heavy atom. The van der Waals surface area contributed by atoms with Gasteiger partial charge in [0.15, 0.2) is 17.4 Å². The van der Waals surface area contributed by atoms with Crippen molar-refractivity contribution in [3.8, 4) is 16.9 Å². The molecular formula is C34H37FN10O3. The van der Waals surface area contributed by atoms with Crippen LogP contribution in [0.15, 0.2) is 55.1 Å². The van der Waals surface area contributed by atoms with Gasteiger partial charge in [-0.25, -0.2) is 9.37 Å². The summed E-state index contributed by atoms with van der Waals surface area (Å²) in [4.78, 5) is 40.2. The van der Waals surface area contributed by atoms with Crippen molar-refractivity contribution < 1.29 is 18.7 Å². The Morgan fingerprint density at radius 1 is 1.04 bits per heavy atom. The van der Waals surface area contributed by atoms with E-state index in [-0.39, 0.29) is 30.3 Å². The average molecular weight is 653 g/mol. The fraction of sp³-hybridized carbons (Fsp3) is 0.353. The third-order valence-electron chi connectivity index (χ3n) is 9.10. The molecule has 0 unspecified atom stereocenters. The Kier molecular flexibility index (Phi) is 8.38. The monoisotopic (exact) mass is 652 g/mol. The minimum absolute atomic E-state index is 0.0322. The molecule has 14 heteroatoms. The molecule has 0 saturated carbocycles. The molecule has 0 spiro atoms. The van der Waals surface area contributed by atoms with E-state index >= 15 is 4.39 Å². The van der Waals surface area contributed by atoms with E-state index in [0.717, 1.165) is 28.2 Å². The highest BCUT2D eigenvalue weighted by molar-refractivity contribution is 6.05. The number of amides is 2. The summed E-state index contributed by atoms with van der Waals surface area (Å²) in [7, 11) is 3.46. The van der Waals surface area contributed by atoms with Gasteiger partial charge < -0.3 is 24.4 Å². The summed E-state index contributed by atoms with van der Waals surface area (Å²) < 4.78 is 25.4. The molecule has 2 aliphatic heterocycles. The van der Waals surface area contributed by atoms with Gasteiger partial charge in [-0.2, -0.15) is 5.10 Å². The summed E-state index contributed by atoms with van der Waals surface area (Å²) in [6.07, 6.45) is 9.79. The van der Waals surface area contributed by atoms with Crippen molar-refractivity contribution in [3.63, 3.8) is 0 Å². The van der Waals surface area contributed by atoms with Crippen molar-refractivity contribution in [2.45, 2.75) is 26.3 Å². The standard InChI is InChI=1S/C34H37FN10O3/c1-22-27(21-41(2)39-22)25-18-24(23-6-5-11-44(20-23)30(46)8-12-45-13-10-37-40-45)31(35)32-26(25)19-28(38-32)34(47)43-16-14-42(15-17-43)33-29(48-3)7-4-9-36-33/h4,6-7,9-10,13,18-19,21,38H,5,8,11-12,14-17,20H2,1-3H3. The molecule has 0 aliphatic carbocycles. The minimum atomic E-state index is -0.454. The number of ether oxygens (including phenoxy) is 1. The van der Waals surface area contributed by atoms with Crippen molar-refractivity contribution in [1.82, 2.24) is 44.5 Å². The largest absolute Gasteiger partial charge is 0.493 e. The van der Waals surface area contributed by atoms with Gasteiger partial charge >= 0.3 is 0 Å². The van der Waals surface area contributed by atoms with Gasteiger partial charge in [-0.1, -0.05) is 11.3 Å². The van der Waals surface area contributed by atoms with Crippen LogP contribution in [0.2, 0.25) is 0 Å². The van der Waals surface area contributed by atoms with Crippen LogP contribution in [0.25, 0.3) is 27.6 Å². The lowest BCUT2D eigenvalue weighted by molar-refractivity contribution is -0.131. The zero-order valence-electron chi connectivity index (χ0n) is 27.2. The number of aryl methyl sites for hydroxylation is 3. The zero-order chi connectivity index (χ0) is 33.4. The first-order chi connectivity index (χ1) is 23.3. The van der Waals surface area contributed by atoms with E-state index in [9.17, 15) is 9.59 Å². The smallest absolute Gasteiger partial charge is 0.270 e. The summed E-state index contributed by atoms with van der Waals surface area (Å²) in [5.41, 5.74) is 4.09. The number of methoxy groups -OCH3 is 1. The molecular weight excluding hydrogens is 615 g/mol. The number of fused-ring (bicyclic) bond motifs is 1. The maximum absolute atomic E-state index is 16.6. The number of nitrogens with one attached hydrogen (secondary N) is 1. The topological polar surface area (TPSA) is 130 Å². The highest BCUT2D eigenvalue weighted by atomic mass is 19.1.